The van der Waals surface area contributed by atoms with Gasteiger partial charge in [0.2, 0.25) is 5.91 Å². The molecular weight excluding hydrogens is 304 g/mol. The van der Waals surface area contributed by atoms with Gasteiger partial charge in [-0.15, -0.1) is 0 Å². The van der Waals surface area contributed by atoms with Crippen molar-refractivity contribution in [1.82, 2.24) is 10.6 Å². The molecule has 132 valence electrons. The van der Waals surface area contributed by atoms with Gasteiger partial charge in [-0.25, -0.2) is 0 Å². The molecule has 1 fully saturated rings. The summed E-state index contributed by atoms with van der Waals surface area (Å²) < 4.78 is 5.63. The van der Waals surface area contributed by atoms with Crippen molar-refractivity contribution in [2.24, 2.45) is 5.92 Å². The molecule has 2 N–H and O–H groups in total. The molecule has 1 aliphatic rings. The standard InChI is InChI=1S/C19H28N2O3/c1-4-13(2)17(21-18(22)15-9-6-5-7-10-15)19(23)20-14(3)16-11-8-12-24-16/h5-7,9-10,13-14,16-17H,4,8,11-12H2,1-3H3,(H,20,23)(H,21,22). The predicted molar refractivity (Wildman–Crippen MR) is 93.7 cm³/mol. The molecule has 1 aliphatic heterocycles. The molecule has 2 rings (SSSR count). The van der Waals surface area contributed by atoms with Crippen LogP contribution in [0.2, 0.25) is 0 Å². The number of amides is 2. The molecule has 1 aromatic carbocycles. The number of hydrogen-bond donors (Lipinski definition) is 2. The molecule has 1 heterocycles. The van der Waals surface area contributed by atoms with Crippen molar-refractivity contribution >= 4 is 11.8 Å². The number of nitrogens with one attached hydrogen (secondary N) is 2. The molecule has 0 saturated carbocycles. The maximum Gasteiger partial charge on any atom is 0.251 e. The van der Waals surface area contributed by atoms with Crippen molar-refractivity contribution in [1.29, 1.82) is 0 Å². The summed E-state index contributed by atoms with van der Waals surface area (Å²) >= 11 is 0. The summed E-state index contributed by atoms with van der Waals surface area (Å²) in [5.41, 5.74) is 0.561. The van der Waals surface area contributed by atoms with Crippen molar-refractivity contribution in [3.8, 4) is 0 Å². The van der Waals surface area contributed by atoms with Gasteiger partial charge in [-0.2, -0.15) is 0 Å². The van der Waals surface area contributed by atoms with Crippen LogP contribution < -0.4 is 10.6 Å². The largest absolute Gasteiger partial charge is 0.376 e. The van der Waals surface area contributed by atoms with Crippen LogP contribution in [0.5, 0.6) is 0 Å². The first-order valence-electron chi connectivity index (χ1n) is 8.80. The maximum absolute atomic E-state index is 12.7. The van der Waals surface area contributed by atoms with E-state index in [2.05, 4.69) is 10.6 Å². The molecule has 0 radical (unpaired) electrons. The van der Waals surface area contributed by atoms with Crippen molar-refractivity contribution in [2.75, 3.05) is 6.61 Å². The van der Waals surface area contributed by atoms with E-state index in [-0.39, 0.29) is 29.9 Å². The first-order chi connectivity index (χ1) is 11.5. The molecule has 24 heavy (non-hydrogen) atoms. The zero-order valence-corrected chi connectivity index (χ0v) is 14.7. The molecule has 5 nitrogen and oxygen atoms in total. The van der Waals surface area contributed by atoms with Crippen molar-refractivity contribution in [3.63, 3.8) is 0 Å². The average Bonchev–Trinajstić information content (AvgIpc) is 3.14. The second-order valence-electron chi connectivity index (χ2n) is 6.55. The van der Waals surface area contributed by atoms with Gasteiger partial charge in [-0.3, -0.25) is 9.59 Å². The minimum atomic E-state index is -0.549. The molecular formula is C19H28N2O3. The Morgan fingerprint density at radius 1 is 1.21 bits per heavy atom. The lowest BCUT2D eigenvalue weighted by Crippen LogP contribution is -2.54. The third-order valence-electron chi connectivity index (χ3n) is 4.71. The highest BCUT2D eigenvalue weighted by Crippen LogP contribution is 2.16. The predicted octanol–water partition coefficient (Wildman–Crippen LogP) is 2.51. The molecule has 1 aromatic rings. The Bertz CT molecular complexity index is 541. The number of carbonyl (C=O) groups is 2. The monoisotopic (exact) mass is 332 g/mol. The second-order valence-corrected chi connectivity index (χ2v) is 6.55. The van der Waals surface area contributed by atoms with Crippen LogP contribution in [0.1, 0.15) is 50.4 Å². The first kappa shape index (κ1) is 18.5. The summed E-state index contributed by atoms with van der Waals surface area (Å²) in [6, 6.07) is 8.37. The lowest BCUT2D eigenvalue weighted by atomic mass is 9.97. The van der Waals surface area contributed by atoms with Crippen LogP contribution in [0.3, 0.4) is 0 Å². The smallest absolute Gasteiger partial charge is 0.251 e. The molecule has 5 heteroatoms. The van der Waals surface area contributed by atoms with Crippen molar-refractivity contribution in [2.45, 2.75) is 58.2 Å². The fourth-order valence-corrected chi connectivity index (χ4v) is 2.92. The summed E-state index contributed by atoms with van der Waals surface area (Å²) in [4.78, 5) is 25.1. The fourth-order valence-electron chi connectivity index (χ4n) is 2.92. The second kappa shape index (κ2) is 8.83. The van der Waals surface area contributed by atoms with Crippen LogP contribution in [-0.4, -0.2) is 36.6 Å². The van der Waals surface area contributed by atoms with E-state index in [1.807, 2.05) is 39.0 Å². The van der Waals surface area contributed by atoms with Crippen molar-refractivity contribution < 1.29 is 14.3 Å². The molecule has 4 atom stereocenters. The van der Waals surface area contributed by atoms with Crippen LogP contribution >= 0.6 is 0 Å². The highest BCUT2D eigenvalue weighted by molar-refractivity contribution is 5.97. The van der Waals surface area contributed by atoms with E-state index in [1.54, 1.807) is 12.1 Å². The summed E-state index contributed by atoms with van der Waals surface area (Å²) in [6.45, 7) is 6.71. The fraction of sp³-hybridized carbons (Fsp3) is 0.579. The Hall–Kier alpha value is -1.88. The average molecular weight is 332 g/mol. The number of carbonyl (C=O) groups excluding carboxylic acids is 2. The van der Waals surface area contributed by atoms with Gasteiger partial charge in [0.25, 0.3) is 5.91 Å². The molecule has 0 aromatic heterocycles. The first-order valence-corrected chi connectivity index (χ1v) is 8.80. The highest BCUT2D eigenvalue weighted by atomic mass is 16.5. The highest BCUT2D eigenvalue weighted by Gasteiger charge is 2.30. The molecule has 0 aliphatic carbocycles. The minimum absolute atomic E-state index is 0.0503. The van der Waals surface area contributed by atoms with Crippen LogP contribution in [0.25, 0.3) is 0 Å². The van der Waals surface area contributed by atoms with E-state index in [1.165, 1.54) is 0 Å². The molecule has 0 bridgehead atoms. The summed E-state index contributed by atoms with van der Waals surface area (Å²) in [7, 11) is 0. The normalized spacial score (nSPS) is 20.9. The molecule has 4 unspecified atom stereocenters. The van der Waals surface area contributed by atoms with Crippen LogP contribution in [-0.2, 0) is 9.53 Å². The van der Waals surface area contributed by atoms with E-state index >= 15 is 0 Å². The van der Waals surface area contributed by atoms with E-state index in [0.717, 1.165) is 25.9 Å². The van der Waals surface area contributed by atoms with E-state index in [4.69, 9.17) is 4.74 Å². The third-order valence-corrected chi connectivity index (χ3v) is 4.71. The Kier molecular flexibility index (Phi) is 6.79. The maximum atomic E-state index is 12.7. The van der Waals surface area contributed by atoms with Gasteiger partial charge in [-0.1, -0.05) is 38.5 Å². The Balaban J connectivity index is 2.01. The Morgan fingerprint density at radius 2 is 1.92 bits per heavy atom. The molecule has 2 amide bonds. The van der Waals surface area contributed by atoms with Crippen LogP contribution in [0.4, 0.5) is 0 Å². The lowest BCUT2D eigenvalue weighted by Gasteiger charge is -2.27. The van der Waals surface area contributed by atoms with E-state index < -0.39 is 6.04 Å². The molecule has 1 saturated heterocycles. The van der Waals surface area contributed by atoms with E-state index in [9.17, 15) is 9.59 Å². The van der Waals surface area contributed by atoms with Crippen LogP contribution in [0, 0.1) is 5.92 Å². The Labute approximate surface area is 144 Å². The summed E-state index contributed by atoms with van der Waals surface area (Å²) in [5, 5.41) is 5.90. The van der Waals surface area contributed by atoms with Gasteiger partial charge in [-0.05, 0) is 37.8 Å². The van der Waals surface area contributed by atoms with Gasteiger partial charge >= 0.3 is 0 Å². The van der Waals surface area contributed by atoms with Gasteiger partial charge in [0.15, 0.2) is 0 Å². The number of hydrogen-bond acceptors (Lipinski definition) is 3. The van der Waals surface area contributed by atoms with Crippen molar-refractivity contribution in [3.05, 3.63) is 35.9 Å². The summed E-state index contributed by atoms with van der Waals surface area (Å²) in [6.07, 6.45) is 2.87. The van der Waals surface area contributed by atoms with Gasteiger partial charge in [0.1, 0.15) is 6.04 Å². The zero-order chi connectivity index (χ0) is 17.5. The number of benzene rings is 1. The Morgan fingerprint density at radius 3 is 2.50 bits per heavy atom. The molecule has 0 spiro atoms. The SMILES string of the molecule is CCC(C)C(NC(=O)c1ccccc1)C(=O)NC(C)C1CCCO1. The van der Waals surface area contributed by atoms with Gasteiger partial charge in [0.05, 0.1) is 12.1 Å². The van der Waals surface area contributed by atoms with Gasteiger partial charge < -0.3 is 15.4 Å². The van der Waals surface area contributed by atoms with Crippen LogP contribution in [0.15, 0.2) is 30.3 Å². The number of rotatable bonds is 7. The summed E-state index contributed by atoms with van der Waals surface area (Å²) in [5.74, 6) is -0.313. The number of ether oxygens (including phenoxy) is 1. The van der Waals surface area contributed by atoms with Gasteiger partial charge in [0, 0.05) is 12.2 Å². The minimum Gasteiger partial charge on any atom is -0.376 e. The van der Waals surface area contributed by atoms with E-state index in [0.29, 0.717) is 5.56 Å². The third kappa shape index (κ3) is 4.81. The quantitative estimate of drug-likeness (QED) is 0.806. The lowest BCUT2D eigenvalue weighted by molar-refractivity contribution is -0.125. The zero-order valence-electron chi connectivity index (χ0n) is 14.7. The topological polar surface area (TPSA) is 67.4 Å².